The van der Waals surface area contributed by atoms with E-state index in [0.717, 1.165) is 26.4 Å². The molecule has 26 heavy (non-hydrogen) atoms. The Hall–Kier alpha value is -2.78. The standard InChI is InChI=1S/C17H12N2O5S2/c1-10-2-7-13(25-10)8-15-16(21)18(17(22)26-15)9-14(20)11-3-5-12(6-4-11)19(23)24/h2-8H,9H2,1H3/b15-8+. The fraction of sp³-hybridized carbons (Fsp3) is 0.118. The van der Waals surface area contributed by atoms with E-state index in [4.69, 9.17) is 0 Å². The SMILES string of the molecule is Cc1ccc(/C=C2/SC(=O)N(CC(=O)c3ccc([N+](=O)[O-])cc3)C2=O)s1. The molecule has 9 heteroatoms. The first-order chi connectivity index (χ1) is 12.3. The number of carbonyl (C=O) groups is 3. The number of aryl methyl sites for hydroxylation is 1. The summed E-state index contributed by atoms with van der Waals surface area (Å²) in [7, 11) is 0. The first kappa shape index (κ1) is 18.0. The first-order valence-corrected chi connectivity index (χ1v) is 9.08. The summed E-state index contributed by atoms with van der Waals surface area (Å²) in [6.45, 7) is 1.54. The summed E-state index contributed by atoms with van der Waals surface area (Å²) in [6, 6.07) is 8.81. The molecule has 2 amide bonds. The third-order valence-corrected chi connectivity index (χ3v) is 5.46. The molecule has 2 aromatic rings. The molecule has 0 unspecified atom stereocenters. The number of rotatable bonds is 5. The third-order valence-electron chi connectivity index (χ3n) is 3.61. The van der Waals surface area contributed by atoms with Crippen LogP contribution in [0.15, 0.2) is 41.3 Å². The molecule has 0 spiro atoms. The molecule has 0 radical (unpaired) electrons. The van der Waals surface area contributed by atoms with Crippen LogP contribution in [-0.4, -0.2) is 33.3 Å². The highest BCUT2D eigenvalue weighted by atomic mass is 32.2. The number of nitro benzene ring substituents is 1. The van der Waals surface area contributed by atoms with Crippen LogP contribution in [-0.2, 0) is 4.79 Å². The van der Waals surface area contributed by atoms with Crippen LogP contribution in [0.4, 0.5) is 10.5 Å². The van der Waals surface area contributed by atoms with E-state index in [-0.39, 0.29) is 16.2 Å². The van der Waals surface area contributed by atoms with Crippen LogP contribution in [0.3, 0.4) is 0 Å². The van der Waals surface area contributed by atoms with Crippen LogP contribution in [0.1, 0.15) is 20.1 Å². The molecular formula is C17H12N2O5S2. The molecule has 7 nitrogen and oxygen atoms in total. The summed E-state index contributed by atoms with van der Waals surface area (Å²) in [5.74, 6) is -0.975. The Morgan fingerprint density at radius 2 is 1.88 bits per heavy atom. The lowest BCUT2D eigenvalue weighted by molar-refractivity contribution is -0.384. The zero-order chi connectivity index (χ0) is 18.8. The van der Waals surface area contributed by atoms with Crippen LogP contribution >= 0.6 is 23.1 Å². The number of imide groups is 1. The molecule has 132 valence electrons. The average Bonchev–Trinajstić information content (AvgIpc) is 3.13. The second kappa shape index (κ2) is 7.22. The molecule has 1 aliphatic rings. The molecule has 3 rings (SSSR count). The van der Waals surface area contributed by atoms with E-state index in [9.17, 15) is 24.5 Å². The van der Waals surface area contributed by atoms with Gasteiger partial charge in [0.1, 0.15) is 0 Å². The Labute approximate surface area is 156 Å². The molecular weight excluding hydrogens is 376 g/mol. The number of benzene rings is 1. The zero-order valence-electron chi connectivity index (χ0n) is 13.5. The van der Waals surface area contributed by atoms with Crippen LogP contribution in [0, 0.1) is 17.0 Å². The van der Waals surface area contributed by atoms with E-state index < -0.39 is 28.4 Å². The van der Waals surface area contributed by atoms with Crippen molar-refractivity contribution in [3.8, 4) is 0 Å². The minimum absolute atomic E-state index is 0.137. The highest BCUT2D eigenvalue weighted by molar-refractivity contribution is 8.18. The van der Waals surface area contributed by atoms with Crippen LogP contribution < -0.4 is 0 Å². The van der Waals surface area contributed by atoms with Gasteiger partial charge < -0.3 is 0 Å². The van der Waals surface area contributed by atoms with Gasteiger partial charge in [-0.1, -0.05) is 0 Å². The van der Waals surface area contributed by atoms with E-state index in [1.807, 2.05) is 19.1 Å². The highest BCUT2D eigenvalue weighted by Gasteiger charge is 2.36. The summed E-state index contributed by atoms with van der Waals surface area (Å²) in [5, 5.41) is 10.1. The number of Topliss-reactive ketones (excluding diaryl/α,β-unsaturated/α-hetero) is 1. The van der Waals surface area contributed by atoms with E-state index in [0.29, 0.717) is 0 Å². The quantitative estimate of drug-likeness (QED) is 0.334. The summed E-state index contributed by atoms with van der Waals surface area (Å²) >= 11 is 2.29. The summed E-state index contributed by atoms with van der Waals surface area (Å²) in [6.07, 6.45) is 1.64. The van der Waals surface area contributed by atoms with Crippen molar-refractivity contribution in [1.29, 1.82) is 0 Å². The second-order valence-electron chi connectivity index (χ2n) is 5.44. The van der Waals surface area contributed by atoms with Gasteiger partial charge >= 0.3 is 0 Å². The van der Waals surface area contributed by atoms with E-state index in [2.05, 4.69) is 0 Å². The predicted molar refractivity (Wildman–Crippen MR) is 99.2 cm³/mol. The Morgan fingerprint density at radius 3 is 2.46 bits per heavy atom. The Balaban J connectivity index is 1.74. The van der Waals surface area contributed by atoms with Gasteiger partial charge in [0, 0.05) is 27.5 Å². The van der Waals surface area contributed by atoms with E-state index >= 15 is 0 Å². The number of thiophene rings is 1. The zero-order valence-corrected chi connectivity index (χ0v) is 15.1. The minimum Gasteiger partial charge on any atom is -0.292 e. The topological polar surface area (TPSA) is 97.6 Å². The molecule has 1 aliphatic heterocycles. The molecule has 1 aromatic carbocycles. The molecule has 1 saturated heterocycles. The number of hydrogen-bond acceptors (Lipinski definition) is 7. The summed E-state index contributed by atoms with van der Waals surface area (Å²) in [5.41, 5.74) is 0.0643. The maximum Gasteiger partial charge on any atom is 0.293 e. The van der Waals surface area contributed by atoms with E-state index in [1.165, 1.54) is 35.6 Å². The van der Waals surface area contributed by atoms with Gasteiger partial charge in [0.15, 0.2) is 5.78 Å². The van der Waals surface area contributed by atoms with Crippen molar-refractivity contribution >= 4 is 51.8 Å². The van der Waals surface area contributed by atoms with Gasteiger partial charge in [-0.15, -0.1) is 11.3 Å². The number of thioether (sulfide) groups is 1. The lowest BCUT2D eigenvalue weighted by Crippen LogP contribution is -2.33. The molecule has 1 aromatic heterocycles. The monoisotopic (exact) mass is 388 g/mol. The third kappa shape index (κ3) is 3.73. The number of non-ortho nitro benzene ring substituents is 1. The molecule has 0 aliphatic carbocycles. The molecule has 1 fully saturated rings. The van der Waals surface area contributed by atoms with Crippen molar-refractivity contribution < 1.29 is 19.3 Å². The Bertz CT molecular complexity index is 946. The fourth-order valence-electron chi connectivity index (χ4n) is 2.30. The van der Waals surface area contributed by atoms with Gasteiger partial charge in [-0.25, -0.2) is 0 Å². The van der Waals surface area contributed by atoms with Gasteiger partial charge in [0.05, 0.1) is 16.4 Å². The van der Waals surface area contributed by atoms with Crippen LogP contribution in [0.25, 0.3) is 6.08 Å². The van der Waals surface area contributed by atoms with Crippen molar-refractivity contribution in [3.63, 3.8) is 0 Å². The van der Waals surface area contributed by atoms with Crippen molar-refractivity contribution in [3.05, 3.63) is 66.7 Å². The van der Waals surface area contributed by atoms with Crippen molar-refractivity contribution in [2.45, 2.75) is 6.92 Å². The fourth-order valence-corrected chi connectivity index (χ4v) is 4.02. The minimum atomic E-state index is -0.568. The number of nitrogens with zero attached hydrogens (tertiary/aromatic N) is 2. The maximum absolute atomic E-state index is 12.4. The lowest BCUT2D eigenvalue weighted by atomic mass is 10.1. The molecule has 0 bridgehead atoms. The summed E-state index contributed by atoms with van der Waals surface area (Å²) in [4.78, 5) is 50.0. The number of nitro groups is 1. The van der Waals surface area contributed by atoms with Gasteiger partial charge in [0.25, 0.3) is 16.8 Å². The first-order valence-electron chi connectivity index (χ1n) is 7.44. The Morgan fingerprint density at radius 1 is 1.19 bits per heavy atom. The van der Waals surface area contributed by atoms with Gasteiger partial charge in [-0.05, 0) is 49.0 Å². The lowest BCUT2D eigenvalue weighted by Gasteiger charge is -2.11. The second-order valence-corrected chi connectivity index (χ2v) is 7.76. The van der Waals surface area contributed by atoms with Gasteiger partial charge in [-0.2, -0.15) is 0 Å². The van der Waals surface area contributed by atoms with E-state index in [1.54, 1.807) is 6.08 Å². The Kier molecular flexibility index (Phi) is 5.01. The number of amides is 2. The van der Waals surface area contributed by atoms with Gasteiger partial charge in [-0.3, -0.25) is 29.4 Å². The number of ketones is 1. The van der Waals surface area contributed by atoms with Crippen molar-refractivity contribution in [2.24, 2.45) is 0 Å². The molecule has 2 heterocycles. The average molecular weight is 388 g/mol. The molecule has 0 N–H and O–H groups in total. The van der Waals surface area contributed by atoms with Crippen LogP contribution in [0.2, 0.25) is 0 Å². The summed E-state index contributed by atoms with van der Waals surface area (Å²) < 4.78 is 0. The van der Waals surface area contributed by atoms with Crippen molar-refractivity contribution in [2.75, 3.05) is 6.54 Å². The number of hydrogen-bond donors (Lipinski definition) is 0. The smallest absolute Gasteiger partial charge is 0.292 e. The predicted octanol–water partition coefficient (Wildman–Crippen LogP) is 3.88. The van der Waals surface area contributed by atoms with Gasteiger partial charge in [0.2, 0.25) is 0 Å². The molecule has 0 saturated carbocycles. The maximum atomic E-state index is 12.4. The normalized spacial score (nSPS) is 15.7. The largest absolute Gasteiger partial charge is 0.293 e. The van der Waals surface area contributed by atoms with Crippen molar-refractivity contribution in [1.82, 2.24) is 4.90 Å². The van der Waals surface area contributed by atoms with Crippen LogP contribution in [0.5, 0.6) is 0 Å². The highest BCUT2D eigenvalue weighted by Crippen LogP contribution is 2.33. The molecule has 0 atom stereocenters. The number of carbonyl (C=O) groups excluding carboxylic acids is 3.